The Morgan fingerprint density at radius 3 is 2.00 bits per heavy atom. The van der Waals surface area contributed by atoms with Crippen molar-refractivity contribution in [3.05, 3.63) is 0 Å². The van der Waals surface area contributed by atoms with Crippen molar-refractivity contribution >= 4 is 11.9 Å². The second-order valence-corrected chi connectivity index (χ2v) is 6.35. The first-order valence-corrected chi connectivity index (χ1v) is 5.65. The highest BCUT2D eigenvalue weighted by atomic mass is 16.5. The van der Waals surface area contributed by atoms with E-state index in [1.54, 1.807) is 20.8 Å². The molecule has 0 radical (unpaired) electrons. The fourth-order valence-corrected chi connectivity index (χ4v) is 1.28. The normalized spacial score (nSPS) is 14.2. The SMILES string of the molecule is CC(C)(C)C(=O)OC(CC(=O)O)C[N+](C)(C)C. The van der Waals surface area contributed by atoms with Gasteiger partial charge in [0.2, 0.25) is 0 Å². The number of hydrogen-bond donors (Lipinski definition) is 1. The number of hydrogen-bond acceptors (Lipinski definition) is 3. The fourth-order valence-electron chi connectivity index (χ4n) is 1.28. The number of carboxylic acid groups (broad SMARTS) is 1. The minimum absolute atomic E-state index is 0.155. The van der Waals surface area contributed by atoms with Crippen molar-refractivity contribution in [2.45, 2.75) is 33.3 Å². The molecule has 0 fully saturated rings. The highest BCUT2D eigenvalue weighted by molar-refractivity contribution is 5.76. The molecule has 1 unspecified atom stereocenters. The Hall–Kier alpha value is -1.10. The Balaban J connectivity index is 4.60. The summed E-state index contributed by atoms with van der Waals surface area (Å²) in [6, 6.07) is 0. The van der Waals surface area contributed by atoms with Crippen molar-refractivity contribution in [3.8, 4) is 0 Å². The molecule has 0 saturated carbocycles. The van der Waals surface area contributed by atoms with Gasteiger partial charge in [-0.2, -0.15) is 0 Å². The molecule has 1 atom stereocenters. The number of likely N-dealkylation sites (N-methyl/N-ethyl adjacent to an activating group) is 1. The summed E-state index contributed by atoms with van der Waals surface area (Å²) in [5.41, 5.74) is -0.609. The third kappa shape index (κ3) is 7.74. The molecule has 5 nitrogen and oxygen atoms in total. The number of aliphatic carboxylic acids is 1. The maximum Gasteiger partial charge on any atom is 0.311 e. The predicted octanol–water partition coefficient (Wildman–Crippen LogP) is 1.13. The summed E-state index contributed by atoms with van der Waals surface area (Å²) in [6.45, 7) is 5.73. The first kappa shape index (κ1) is 15.9. The number of esters is 1. The Bertz CT molecular complexity index is 286. The lowest BCUT2D eigenvalue weighted by molar-refractivity contribution is -0.873. The van der Waals surface area contributed by atoms with Crippen LogP contribution in [0.1, 0.15) is 27.2 Å². The molecule has 0 aromatic carbocycles. The largest absolute Gasteiger partial charge is 0.481 e. The van der Waals surface area contributed by atoms with Gasteiger partial charge in [0.05, 0.1) is 33.0 Å². The summed E-state index contributed by atoms with van der Waals surface area (Å²) in [5, 5.41) is 8.80. The Morgan fingerprint density at radius 2 is 1.71 bits per heavy atom. The molecule has 0 heterocycles. The van der Waals surface area contributed by atoms with Gasteiger partial charge in [0.1, 0.15) is 6.54 Å². The van der Waals surface area contributed by atoms with Gasteiger partial charge in [-0.25, -0.2) is 0 Å². The molecule has 0 amide bonds. The van der Waals surface area contributed by atoms with Crippen molar-refractivity contribution in [1.82, 2.24) is 0 Å². The minimum atomic E-state index is -0.954. The van der Waals surface area contributed by atoms with Gasteiger partial charge in [0.25, 0.3) is 0 Å². The molecule has 5 heteroatoms. The lowest BCUT2D eigenvalue weighted by Crippen LogP contribution is -2.44. The molecule has 0 bridgehead atoms. The summed E-state index contributed by atoms with van der Waals surface area (Å²) in [7, 11) is 5.79. The third-order valence-corrected chi connectivity index (χ3v) is 2.04. The lowest BCUT2D eigenvalue weighted by Gasteiger charge is -2.29. The molecular weight excluding hydrogens is 222 g/mol. The molecular formula is C12H24NO4+. The van der Waals surface area contributed by atoms with Gasteiger partial charge < -0.3 is 14.3 Å². The van der Waals surface area contributed by atoms with Crippen LogP contribution in [0.4, 0.5) is 0 Å². The van der Waals surface area contributed by atoms with Crippen LogP contribution < -0.4 is 0 Å². The van der Waals surface area contributed by atoms with Crippen LogP contribution in [0.2, 0.25) is 0 Å². The number of carboxylic acids is 1. The van der Waals surface area contributed by atoms with Gasteiger partial charge in [-0.05, 0) is 20.8 Å². The van der Waals surface area contributed by atoms with Crippen molar-refractivity contribution in [2.24, 2.45) is 5.41 Å². The van der Waals surface area contributed by atoms with Crippen molar-refractivity contribution in [3.63, 3.8) is 0 Å². The summed E-state index contributed by atoms with van der Waals surface area (Å²) >= 11 is 0. The molecule has 0 aromatic rings. The molecule has 0 saturated heterocycles. The van der Waals surface area contributed by atoms with Crippen LogP contribution >= 0.6 is 0 Å². The van der Waals surface area contributed by atoms with E-state index in [1.807, 2.05) is 21.1 Å². The van der Waals surface area contributed by atoms with E-state index in [4.69, 9.17) is 9.84 Å². The molecule has 0 aromatic heterocycles. The van der Waals surface area contributed by atoms with Gasteiger partial charge in [-0.1, -0.05) is 0 Å². The highest BCUT2D eigenvalue weighted by Gasteiger charge is 2.30. The number of quaternary nitrogens is 1. The standard InChI is InChI=1S/C12H23NO4/c1-12(2,3)11(16)17-9(7-10(14)15)8-13(4,5)6/h9H,7-8H2,1-6H3/p+1. The Morgan fingerprint density at radius 1 is 1.24 bits per heavy atom. The second-order valence-electron chi connectivity index (χ2n) is 6.35. The predicted molar refractivity (Wildman–Crippen MR) is 64.5 cm³/mol. The molecule has 17 heavy (non-hydrogen) atoms. The van der Waals surface area contributed by atoms with Crippen LogP contribution in [0.25, 0.3) is 0 Å². The maximum atomic E-state index is 11.7. The van der Waals surface area contributed by atoms with E-state index in [0.717, 1.165) is 0 Å². The van der Waals surface area contributed by atoms with Crippen LogP contribution in [0.15, 0.2) is 0 Å². The molecule has 100 valence electrons. The van der Waals surface area contributed by atoms with E-state index in [9.17, 15) is 9.59 Å². The van der Waals surface area contributed by atoms with Crippen molar-refractivity contribution in [1.29, 1.82) is 0 Å². The van der Waals surface area contributed by atoms with Crippen LogP contribution in [0, 0.1) is 5.41 Å². The zero-order chi connectivity index (χ0) is 13.9. The highest BCUT2D eigenvalue weighted by Crippen LogP contribution is 2.18. The van der Waals surface area contributed by atoms with Crippen LogP contribution in [0.5, 0.6) is 0 Å². The monoisotopic (exact) mass is 246 g/mol. The Labute approximate surface area is 103 Å². The number of nitrogens with zero attached hydrogens (tertiary/aromatic N) is 1. The topological polar surface area (TPSA) is 63.6 Å². The average Bonchev–Trinajstić information content (AvgIpc) is 1.96. The van der Waals surface area contributed by atoms with E-state index in [0.29, 0.717) is 11.0 Å². The quantitative estimate of drug-likeness (QED) is 0.583. The van der Waals surface area contributed by atoms with Gasteiger partial charge in [0.15, 0.2) is 6.10 Å². The van der Waals surface area contributed by atoms with E-state index in [-0.39, 0.29) is 12.4 Å². The number of carbonyl (C=O) groups excluding carboxylic acids is 1. The zero-order valence-corrected chi connectivity index (χ0v) is 11.6. The van der Waals surface area contributed by atoms with E-state index in [2.05, 4.69) is 0 Å². The Kier molecular flexibility index (Phi) is 5.13. The molecule has 1 N–H and O–H groups in total. The average molecular weight is 246 g/mol. The van der Waals surface area contributed by atoms with Crippen LogP contribution in [-0.2, 0) is 14.3 Å². The molecule has 0 aliphatic heterocycles. The minimum Gasteiger partial charge on any atom is -0.481 e. The number of rotatable bonds is 5. The summed E-state index contributed by atoms with van der Waals surface area (Å²) in [5.74, 6) is -1.32. The molecule has 0 aliphatic carbocycles. The van der Waals surface area contributed by atoms with Crippen LogP contribution in [-0.4, -0.2) is 55.3 Å². The summed E-state index contributed by atoms with van der Waals surface area (Å²) in [6.07, 6.45) is -0.739. The smallest absolute Gasteiger partial charge is 0.311 e. The maximum absolute atomic E-state index is 11.7. The molecule has 0 spiro atoms. The van der Waals surface area contributed by atoms with E-state index < -0.39 is 17.5 Å². The second kappa shape index (κ2) is 5.49. The fraction of sp³-hybridized carbons (Fsp3) is 0.833. The molecule has 0 rings (SSSR count). The van der Waals surface area contributed by atoms with Crippen molar-refractivity contribution in [2.75, 3.05) is 27.7 Å². The van der Waals surface area contributed by atoms with Gasteiger partial charge >= 0.3 is 11.9 Å². The number of ether oxygens (including phenoxy) is 1. The van der Waals surface area contributed by atoms with Crippen LogP contribution in [0.3, 0.4) is 0 Å². The summed E-state index contributed by atoms with van der Waals surface area (Å²) in [4.78, 5) is 22.4. The van der Waals surface area contributed by atoms with Crippen molar-refractivity contribution < 1.29 is 23.9 Å². The lowest BCUT2D eigenvalue weighted by atomic mass is 9.97. The van der Waals surface area contributed by atoms with Gasteiger partial charge in [-0.3, -0.25) is 9.59 Å². The first-order chi connectivity index (χ1) is 7.42. The van der Waals surface area contributed by atoms with Gasteiger partial charge in [0, 0.05) is 0 Å². The molecule has 0 aliphatic rings. The van der Waals surface area contributed by atoms with E-state index in [1.165, 1.54) is 0 Å². The van der Waals surface area contributed by atoms with E-state index >= 15 is 0 Å². The first-order valence-electron chi connectivity index (χ1n) is 5.65. The van der Waals surface area contributed by atoms with Gasteiger partial charge in [-0.15, -0.1) is 0 Å². The summed E-state index contributed by atoms with van der Waals surface area (Å²) < 4.78 is 5.82. The number of carbonyl (C=O) groups is 2. The third-order valence-electron chi connectivity index (χ3n) is 2.04. The zero-order valence-electron chi connectivity index (χ0n) is 11.6.